The van der Waals surface area contributed by atoms with E-state index in [2.05, 4.69) is 44.4 Å². The predicted octanol–water partition coefficient (Wildman–Crippen LogP) is 3.22. The highest BCUT2D eigenvalue weighted by atomic mass is 16.2. The third-order valence-electron chi connectivity index (χ3n) is 4.33. The van der Waals surface area contributed by atoms with Crippen molar-refractivity contribution in [1.29, 1.82) is 0 Å². The van der Waals surface area contributed by atoms with Crippen LogP contribution in [0.25, 0.3) is 0 Å². The van der Waals surface area contributed by atoms with Gasteiger partial charge in [0.05, 0.1) is 5.92 Å². The van der Waals surface area contributed by atoms with E-state index in [1.54, 1.807) is 31.3 Å². The zero-order chi connectivity index (χ0) is 16.5. The quantitative estimate of drug-likeness (QED) is 0.839. The molecule has 1 aromatic rings. The van der Waals surface area contributed by atoms with E-state index in [4.69, 9.17) is 0 Å². The Morgan fingerprint density at radius 2 is 1.91 bits per heavy atom. The summed E-state index contributed by atoms with van der Waals surface area (Å²) in [6.45, 7) is 8.33. The van der Waals surface area contributed by atoms with Crippen molar-refractivity contribution in [3.05, 3.63) is 41.5 Å². The highest BCUT2D eigenvalue weighted by Crippen LogP contribution is 2.59. The molecule has 1 aliphatic carbocycles. The molecule has 0 aliphatic heterocycles. The van der Waals surface area contributed by atoms with Crippen LogP contribution < -0.4 is 10.6 Å². The van der Waals surface area contributed by atoms with Crippen molar-refractivity contribution in [2.45, 2.75) is 27.7 Å². The maximum atomic E-state index is 12.5. The number of rotatable bonds is 4. The second-order valence-corrected chi connectivity index (χ2v) is 6.72. The number of hydrogen-bond donors (Lipinski definition) is 2. The van der Waals surface area contributed by atoms with Crippen LogP contribution in [-0.4, -0.2) is 18.9 Å². The zero-order valence-electron chi connectivity index (χ0n) is 13.9. The maximum absolute atomic E-state index is 12.5. The molecule has 4 heteroatoms. The van der Waals surface area contributed by atoms with Gasteiger partial charge in [0.15, 0.2) is 0 Å². The third-order valence-corrected chi connectivity index (χ3v) is 4.33. The fraction of sp³-hybridized carbons (Fsp3) is 0.444. The summed E-state index contributed by atoms with van der Waals surface area (Å²) in [4.78, 5) is 24.1. The average molecular weight is 300 g/mol. The maximum Gasteiger partial charge on any atom is 0.251 e. The molecule has 1 aromatic carbocycles. The van der Waals surface area contributed by atoms with Crippen LogP contribution in [0.1, 0.15) is 38.1 Å². The monoisotopic (exact) mass is 300 g/mol. The van der Waals surface area contributed by atoms with Crippen molar-refractivity contribution in [2.24, 2.45) is 17.3 Å². The molecule has 2 rings (SSSR count). The molecule has 2 amide bonds. The molecule has 2 atom stereocenters. The summed E-state index contributed by atoms with van der Waals surface area (Å²) < 4.78 is 0. The number of benzene rings is 1. The summed E-state index contributed by atoms with van der Waals surface area (Å²) >= 11 is 0. The largest absolute Gasteiger partial charge is 0.355 e. The fourth-order valence-corrected chi connectivity index (χ4v) is 2.95. The molecule has 0 bridgehead atoms. The summed E-state index contributed by atoms with van der Waals surface area (Å²) in [5.74, 6) is 0.109. The van der Waals surface area contributed by atoms with E-state index < -0.39 is 0 Å². The Bertz CT molecular complexity index is 628. The number of hydrogen-bond acceptors (Lipinski definition) is 2. The molecule has 1 fully saturated rings. The third kappa shape index (κ3) is 3.21. The molecule has 0 aromatic heterocycles. The van der Waals surface area contributed by atoms with Crippen molar-refractivity contribution >= 4 is 17.5 Å². The van der Waals surface area contributed by atoms with Crippen molar-refractivity contribution < 1.29 is 9.59 Å². The molecule has 0 spiro atoms. The minimum atomic E-state index is -0.162. The molecular weight excluding hydrogens is 276 g/mol. The van der Waals surface area contributed by atoms with Gasteiger partial charge in [-0.05, 0) is 43.4 Å². The second-order valence-electron chi connectivity index (χ2n) is 6.72. The van der Waals surface area contributed by atoms with E-state index in [1.165, 1.54) is 5.57 Å². The fourth-order valence-electron chi connectivity index (χ4n) is 2.95. The van der Waals surface area contributed by atoms with Crippen LogP contribution in [0.4, 0.5) is 5.69 Å². The molecule has 4 nitrogen and oxygen atoms in total. The van der Waals surface area contributed by atoms with Crippen molar-refractivity contribution in [1.82, 2.24) is 5.32 Å². The molecule has 0 saturated heterocycles. The standard InChI is InChI=1S/C18H24N2O2/c1-11(2)9-14-15(18(14,3)4)17(22)20-13-8-6-7-12(10-13)16(21)19-5/h6-10,14-15H,1-5H3,(H,19,21)(H,20,22)/t14-,15+/m1/s1. The van der Waals surface area contributed by atoms with E-state index in [0.29, 0.717) is 11.3 Å². The molecule has 118 valence electrons. The van der Waals surface area contributed by atoms with E-state index in [1.807, 2.05) is 0 Å². The molecule has 0 radical (unpaired) electrons. The van der Waals surface area contributed by atoms with Gasteiger partial charge in [-0.3, -0.25) is 9.59 Å². The molecule has 22 heavy (non-hydrogen) atoms. The van der Waals surface area contributed by atoms with Crippen molar-refractivity contribution in [3.63, 3.8) is 0 Å². The van der Waals surface area contributed by atoms with Gasteiger partial charge >= 0.3 is 0 Å². The van der Waals surface area contributed by atoms with Gasteiger partial charge < -0.3 is 10.6 Å². The minimum absolute atomic E-state index is 0.0141. The first-order valence-electron chi connectivity index (χ1n) is 7.55. The van der Waals surface area contributed by atoms with Gasteiger partial charge in [0.1, 0.15) is 0 Å². The molecule has 1 aliphatic rings. The lowest BCUT2D eigenvalue weighted by molar-refractivity contribution is -0.118. The molecular formula is C18H24N2O2. The van der Waals surface area contributed by atoms with Crippen LogP contribution in [0.3, 0.4) is 0 Å². The Hall–Kier alpha value is -2.10. The molecule has 1 saturated carbocycles. The number of allylic oxidation sites excluding steroid dienone is 2. The van der Waals surface area contributed by atoms with Gasteiger partial charge in [-0.2, -0.15) is 0 Å². The second kappa shape index (κ2) is 5.95. The molecule has 2 N–H and O–H groups in total. The number of carbonyl (C=O) groups is 2. The Morgan fingerprint density at radius 3 is 2.50 bits per heavy atom. The molecule has 0 unspecified atom stereocenters. The van der Waals surface area contributed by atoms with Crippen LogP contribution in [0.15, 0.2) is 35.9 Å². The van der Waals surface area contributed by atoms with Crippen molar-refractivity contribution in [3.8, 4) is 0 Å². The first kappa shape index (κ1) is 16.3. The Kier molecular flexibility index (Phi) is 4.40. The summed E-state index contributed by atoms with van der Waals surface area (Å²) in [6.07, 6.45) is 2.17. The number of carbonyl (C=O) groups excluding carboxylic acids is 2. The normalized spacial score (nSPS) is 21.7. The van der Waals surface area contributed by atoms with E-state index in [9.17, 15) is 9.59 Å². The van der Waals surface area contributed by atoms with Gasteiger partial charge in [-0.1, -0.05) is 31.6 Å². The van der Waals surface area contributed by atoms with Crippen LogP contribution in [0.2, 0.25) is 0 Å². The van der Waals surface area contributed by atoms with Gasteiger partial charge in [-0.15, -0.1) is 0 Å². The van der Waals surface area contributed by atoms with E-state index in [0.717, 1.165) is 0 Å². The lowest BCUT2D eigenvalue weighted by Gasteiger charge is -2.08. The smallest absolute Gasteiger partial charge is 0.251 e. The Labute approximate surface area is 132 Å². The van der Waals surface area contributed by atoms with Gasteiger partial charge in [0.2, 0.25) is 5.91 Å². The lowest BCUT2D eigenvalue weighted by atomic mass is 10.1. The first-order chi connectivity index (χ1) is 10.3. The highest BCUT2D eigenvalue weighted by molar-refractivity contribution is 5.98. The topological polar surface area (TPSA) is 58.2 Å². The Balaban J connectivity index is 2.10. The number of anilines is 1. The summed E-state index contributed by atoms with van der Waals surface area (Å²) in [5, 5.41) is 5.51. The molecule has 0 heterocycles. The van der Waals surface area contributed by atoms with Gasteiger partial charge in [0.25, 0.3) is 5.91 Å². The van der Waals surface area contributed by atoms with Crippen LogP contribution in [0.5, 0.6) is 0 Å². The number of amides is 2. The van der Waals surface area contributed by atoms with Crippen LogP contribution >= 0.6 is 0 Å². The first-order valence-corrected chi connectivity index (χ1v) is 7.55. The summed E-state index contributed by atoms with van der Waals surface area (Å²) in [5.41, 5.74) is 2.41. The zero-order valence-corrected chi connectivity index (χ0v) is 13.9. The van der Waals surface area contributed by atoms with Gasteiger partial charge in [-0.25, -0.2) is 0 Å². The predicted molar refractivity (Wildman–Crippen MR) is 88.7 cm³/mol. The van der Waals surface area contributed by atoms with Gasteiger partial charge in [0, 0.05) is 18.3 Å². The summed E-state index contributed by atoms with van der Waals surface area (Å²) in [7, 11) is 1.59. The number of nitrogens with one attached hydrogen (secondary N) is 2. The minimum Gasteiger partial charge on any atom is -0.355 e. The SMILES string of the molecule is CNC(=O)c1cccc(NC(=O)[C@@H]2[C@@H](C=C(C)C)C2(C)C)c1. The van der Waals surface area contributed by atoms with Crippen LogP contribution in [-0.2, 0) is 4.79 Å². The van der Waals surface area contributed by atoms with Crippen molar-refractivity contribution in [2.75, 3.05) is 12.4 Å². The highest BCUT2D eigenvalue weighted by Gasteiger charge is 2.60. The Morgan fingerprint density at radius 1 is 1.23 bits per heavy atom. The average Bonchev–Trinajstić information content (AvgIpc) is 2.98. The lowest BCUT2D eigenvalue weighted by Crippen LogP contribution is -2.19. The van der Waals surface area contributed by atoms with E-state index >= 15 is 0 Å². The van der Waals surface area contributed by atoms with E-state index in [-0.39, 0.29) is 29.1 Å². The van der Waals surface area contributed by atoms with Crippen LogP contribution in [0, 0.1) is 17.3 Å². The summed E-state index contributed by atoms with van der Waals surface area (Å²) in [6, 6.07) is 6.99.